The molecule has 5 heteroatoms. The molecule has 1 rings (SSSR count). The minimum Gasteiger partial charge on any atom is -0.478 e. The smallest absolute Gasteiger partial charge is 0.340 e. The van der Waals surface area contributed by atoms with Gasteiger partial charge < -0.3 is 10.4 Å². The van der Waals surface area contributed by atoms with E-state index in [-0.39, 0.29) is 5.41 Å². The van der Waals surface area contributed by atoms with E-state index in [1.54, 1.807) is 6.92 Å². The first-order valence-electron chi connectivity index (χ1n) is 5.67. The predicted octanol–water partition coefficient (Wildman–Crippen LogP) is 3.24. The van der Waals surface area contributed by atoms with Crippen molar-refractivity contribution in [2.45, 2.75) is 34.6 Å². The molecule has 1 heterocycles. The highest BCUT2D eigenvalue weighted by Crippen LogP contribution is 2.28. The number of rotatable bonds is 4. The summed E-state index contributed by atoms with van der Waals surface area (Å²) in [5.74, 6) is -0.464. The van der Waals surface area contributed by atoms with Crippen LogP contribution in [0, 0.1) is 18.3 Å². The van der Waals surface area contributed by atoms with E-state index >= 15 is 0 Å². The number of nitrogens with one attached hydrogen (secondary N) is 1. The SMILES string of the molecule is Cc1nsc(NCC(C)C(C)(C)C)c1C(=O)O. The number of aromatic nitrogens is 1. The van der Waals surface area contributed by atoms with Gasteiger partial charge >= 0.3 is 5.97 Å². The molecule has 1 atom stereocenters. The molecular weight excluding hydrogens is 236 g/mol. The van der Waals surface area contributed by atoms with E-state index in [0.717, 1.165) is 6.54 Å². The summed E-state index contributed by atoms with van der Waals surface area (Å²) in [5, 5.41) is 12.9. The Hall–Kier alpha value is -1.10. The quantitative estimate of drug-likeness (QED) is 0.868. The topological polar surface area (TPSA) is 62.2 Å². The zero-order chi connectivity index (χ0) is 13.2. The number of aryl methyl sites for hydroxylation is 1. The Morgan fingerprint density at radius 2 is 2.12 bits per heavy atom. The normalized spacial score (nSPS) is 13.5. The first-order valence-corrected chi connectivity index (χ1v) is 6.44. The maximum atomic E-state index is 11.1. The molecule has 0 aliphatic heterocycles. The number of carboxylic acids is 1. The Balaban J connectivity index is 2.74. The second-order valence-corrected chi connectivity index (χ2v) is 6.20. The van der Waals surface area contributed by atoms with Gasteiger partial charge in [0.15, 0.2) is 0 Å². The van der Waals surface area contributed by atoms with Crippen LogP contribution < -0.4 is 5.32 Å². The molecule has 0 fully saturated rings. The molecule has 96 valence electrons. The van der Waals surface area contributed by atoms with Gasteiger partial charge in [-0.15, -0.1) is 0 Å². The minimum atomic E-state index is -0.915. The maximum Gasteiger partial charge on any atom is 0.340 e. The lowest BCUT2D eigenvalue weighted by atomic mass is 9.82. The van der Waals surface area contributed by atoms with E-state index in [4.69, 9.17) is 5.11 Å². The van der Waals surface area contributed by atoms with E-state index in [1.807, 2.05) is 0 Å². The molecule has 0 radical (unpaired) electrons. The summed E-state index contributed by atoms with van der Waals surface area (Å²) in [5.41, 5.74) is 1.08. The minimum absolute atomic E-state index is 0.204. The van der Waals surface area contributed by atoms with Crippen molar-refractivity contribution < 1.29 is 9.90 Å². The molecule has 0 saturated carbocycles. The first-order chi connectivity index (χ1) is 7.73. The highest BCUT2D eigenvalue weighted by molar-refractivity contribution is 7.10. The van der Waals surface area contributed by atoms with Gasteiger partial charge in [0.05, 0.1) is 5.69 Å². The summed E-state index contributed by atoms with van der Waals surface area (Å²) in [7, 11) is 0. The van der Waals surface area contributed by atoms with Crippen molar-refractivity contribution in [3.8, 4) is 0 Å². The number of carboxylic acid groups (broad SMARTS) is 1. The van der Waals surface area contributed by atoms with Crippen molar-refractivity contribution in [1.29, 1.82) is 0 Å². The molecule has 1 unspecified atom stereocenters. The van der Waals surface area contributed by atoms with Crippen LogP contribution in [-0.4, -0.2) is 22.0 Å². The van der Waals surface area contributed by atoms with Gasteiger partial charge in [-0.1, -0.05) is 27.7 Å². The molecule has 0 saturated heterocycles. The molecule has 0 aromatic carbocycles. The monoisotopic (exact) mass is 256 g/mol. The van der Waals surface area contributed by atoms with Gasteiger partial charge in [-0.3, -0.25) is 0 Å². The molecule has 0 bridgehead atoms. The highest BCUT2D eigenvalue weighted by atomic mass is 32.1. The van der Waals surface area contributed by atoms with Crippen LogP contribution in [0.25, 0.3) is 0 Å². The average molecular weight is 256 g/mol. The van der Waals surface area contributed by atoms with E-state index in [9.17, 15) is 4.79 Å². The first kappa shape index (κ1) is 14.0. The molecule has 1 aromatic rings. The molecule has 1 aromatic heterocycles. The van der Waals surface area contributed by atoms with Gasteiger partial charge in [-0.2, -0.15) is 4.37 Å². The fourth-order valence-corrected chi connectivity index (χ4v) is 2.09. The van der Waals surface area contributed by atoms with Gasteiger partial charge in [0.2, 0.25) is 0 Å². The summed E-state index contributed by atoms with van der Waals surface area (Å²) in [6.07, 6.45) is 0. The maximum absolute atomic E-state index is 11.1. The molecule has 0 aliphatic rings. The van der Waals surface area contributed by atoms with Crippen LogP contribution in [0.5, 0.6) is 0 Å². The summed E-state index contributed by atoms with van der Waals surface area (Å²) in [4.78, 5) is 11.1. The van der Waals surface area contributed by atoms with E-state index in [2.05, 4.69) is 37.4 Å². The number of nitrogens with zero attached hydrogens (tertiary/aromatic N) is 1. The van der Waals surface area contributed by atoms with Crippen LogP contribution in [-0.2, 0) is 0 Å². The van der Waals surface area contributed by atoms with Crippen molar-refractivity contribution >= 4 is 22.5 Å². The van der Waals surface area contributed by atoms with Gasteiger partial charge in [0.25, 0.3) is 0 Å². The van der Waals surface area contributed by atoms with Crippen LogP contribution in [0.3, 0.4) is 0 Å². The number of hydrogen-bond donors (Lipinski definition) is 2. The van der Waals surface area contributed by atoms with Crippen LogP contribution in [0.1, 0.15) is 43.7 Å². The molecule has 0 aliphatic carbocycles. The fourth-order valence-electron chi connectivity index (χ4n) is 1.29. The Bertz CT molecular complexity index is 407. The zero-order valence-corrected chi connectivity index (χ0v) is 11.8. The van der Waals surface area contributed by atoms with Gasteiger partial charge in [0, 0.05) is 6.54 Å². The molecule has 0 amide bonds. The van der Waals surface area contributed by atoms with Gasteiger partial charge in [0.1, 0.15) is 10.6 Å². The Kier molecular flexibility index (Phi) is 4.14. The fraction of sp³-hybridized carbons (Fsp3) is 0.667. The number of aromatic carboxylic acids is 1. The van der Waals surface area contributed by atoms with Crippen LogP contribution in [0.2, 0.25) is 0 Å². The number of anilines is 1. The largest absolute Gasteiger partial charge is 0.478 e. The lowest BCUT2D eigenvalue weighted by molar-refractivity contribution is 0.0697. The molecule has 4 nitrogen and oxygen atoms in total. The van der Waals surface area contributed by atoms with Gasteiger partial charge in [-0.25, -0.2) is 4.79 Å². The lowest BCUT2D eigenvalue weighted by Crippen LogP contribution is -2.25. The van der Waals surface area contributed by atoms with Crippen molar-refractivity contribution in [2.24, 2.45) is 11.3 Å². The molecule has 2 N–H and O–H groups in total. The number of carbonyl (C=O) groups is 1. The standard InChI is InChI=1S/C12H20N2O2S/c1-7(12(3,4)5)6-13-10-9(11(15)16)8(2)14-17-10/h7,13H,6H2,1-5H3,(H,15,16). The van der Waals surface area contributed by atoms with E-state index in [0.29, 0.717) is 22.2 Å². The summed E-state index contributed by atoms with van der Waals surface area (Å²) >= 11 is 1.22. The Labute approximate surface area is 106 Å². The Morgan fingerprint density at radius 3 is 2.59 bits per heavy atom. The Morgan fingerprint density at radius 1 is 1.53 bits per heavy atom. The highest BCUT2D eigenvalue weighted by Gasteiger charge is 2.22. The summed E-state index contributed by atoms with van der Waals surface area (Å²) < 4.78 is 4.08. The third-order valence-electron chi connectivity index (χ3n) is 3.12. The van der Waals surface area contributed by atoms with Crippen LogP contribution in [0.4, 0.5) is 5.00 Å². The van der Waals surface area contributed by atoms with Crippen molar-refractivity contribution in [2.75, 3.05) is 11.9 Å². The van der Waals surface area contributed by atoms with E-state index < -0.39 is 5.97 Å². The third kappa shape index (κ3) is 3.43. The van der Waals surface area contributed by atoms with Crippen molar-refractivity contribution in [1.82, 2.24) is 4.37 Å². The summed E-state index contributed by atoms with van der Waals surface area (Å²) in [6.45, 7) is 11.2. The molecular formula is C12H20N2O2S. The lowest BCUT2D eigenvalue weighted by Gasteiger charge is -2.27. The third-order valence-corrected chi connectivity index (χ3v) is 4.02. The van der Waals surface area contributed by atoms with Crippen LogP contribution >= 0.6 is 11.5 Å². The van der Waals surface area contributed by atoms with Crippen molar-refractivity contribution in [3.05, 3.63) is 11.3 Å². The predicted molar refractivity (Wildman–Crippen MR) is 70.9 cm³/mol. The average Bonchev–Trinajstić information content (AvgIpc) is 2.54. The second kappa shape index (κ2) is 5.04. The summed E-state index contributed by atoms with van der Waals surface area (Å²) in [6, 6.07) is 0. The van der Waals surface area contributed by atoms with Crippen LogP contribution in [0.15, 0.2) is 0 Å². The second-order valence-electron chi connectivity index (χ2n) is 5.43. The number of hydrogen-bond acceptors (Lipinski definition) is 4. The molecule has 17 heavy (non-hydrogen) atoms. The molecule has 0 spiro atoms. The van der Waals surface area contributed by atoms with Gasteiger partial charge in [-0.05, 0) is 29.8 Å². The van der Waals surface area contributed by atoms with Crippen molar-refractivity contribution in [3.63, 3.8) is 0 Å². The zero-order valence-electron chi connectivity index (χ0n) is 11.0. The van der Waals surface area contributed by atoms with E-state index in [1.165, 1.54) is 11.5 Å².